The topological polar surface area (TPSA) is 71.2 Å². The van der Waals surface area contributed by atoms with Crippen LogP contribution < -0.4 is 11.1 Å². The Bertz CT molecular complexity index is 425. The summed E-state index contributed by atoms with van der Waals surface area (Å²) in [7, 11) is 0. The Morgan fingerprint density at radius 2 is 2.21 bits per heavy atom. The van der Waals surface area contributed by atoms with Crippen LogP contribution in [0, 0.1) is 0 Å². The van der Waals surface area contributed by atoms with Crippen molar-refractivity contribution in [3.63, 3.8) is 0 Å². The largest absolute Gasteiger partial charge is 0.382 e. The summed E-state index contributed by atoms with van der Waals surface area (Å²) in [6, 6.07) is 1.53. The van der Waals surface area contributed by atoms with Crippen molar-refractivity contribution >= 4 is 23.3 Å². The highest BCUT2D eigenvalue weighted by molar-refractivity contribution is 6.33. The first-order valence-corrected chi connectivity index (χ1v) is 6.87. The molecule has 1 aromatic heterocycles. The van der Waals surface area contributed by atoms with Gasteiger partial charge in [0.05, 0.1) is 10.6 Å². The maximum atomic E-state index is 11.9. The van der Waals surface area contributed by atoms with E-state index in [1.54, 1.807) is 0 Å². The van der Waals surface area contributed by atoms with Gasteiger partial charge in [-0.05, 0) is 25.6 Å². The first kappa shape index (κ1) is 15.7. The number of amides is 1. The number of carbonyl (C=O) groups is 1. The van der Waals surface area contributed by atoms with Crippen LogP contribution in [0.1, 0.15) is 30.6 Å². The predicted molar refractivity (Wildman–Crippen MR) is 78.4 cm³/mol. The van der Waals surface area contributed by atoms with Crippen LogP contribution >= 0.6 is 11.6 Å². The Morgan fingerprint density at radius 1 is 1.47 bits per heavy atom. The third-order valence-electron chi connectivity index (χ3n) is 2.83. The number of anilines is 1. The van der Waals surface area contributed by atoms with Crippen LogP contribution in [-0.2, 0) is 0 Å². The van der Waals surface area contributed by atoms with Crippen molar-refractivity contribution in [1.82, 2.24) is 15.2 Å². The van der Waals surface area contributed by atoms with Crippen molar-refractivity contribution in [3.05, 3.63) is 22.8 Å². The fourth-order valence-corrected chi connectivity index (χ4v) is 1.91. The number of likely N-dealkylation sites (N-methyl/N-ethyl adjacent to an activating group) is 1. The molecule has 0 unspecified atom stereocenters. The molecule has 0 aromatic carbocycles. The lowest BCUT2D eigenvalue weighted by atomic mass is 10.2. The second kappa shape index (κ2) is 7.96. The lowest BCUT2D eigenvalue weighted by molar-refractivity contribution is 0.0948. The van der Waals surface area contributed by atoms with E-state index in [0.29, 0.717) is 17.1 Å². The molecule has 1 amide bonds. The molecule has 0 spiro atoms. The number of nitrogens with two attached hydrogens (primary N) is 1. The Hall–Kier alpha value is -1.33. The number of aromatic nitrogens is 1. The van der Waals surface area contributed by atoms with Crippen molar-refractivity contribution in [1.29, 1.82) is 0 Å². The fraction of sp³-hybridized carbons (Fsp3) is 0.538. The smallest absolute Gasteiger partial charge is 0.252 e. The van der Waals surface area contributed by atoms with E-state index in [9.17, 15) is 4.79 Å². The molecule has 5 nitrogen and oxygen atoms in total. The predicted octanol–water partition coefficient (Wildman–Crippen LogP) is 1.78. The zero-order chi connectivity index (χ0) is 14.3. The molecule has 0 saturated heterocycles. The first-order valence-electron chi connectivity index (χ1n) is 6.50. The van der Waals surface area contributed by atoms with Gasteiger partial charge in [0, 0.05) is 19.3 Å². The summed E-state index contributed by atoms with van der Waals surface area (Å²) in [5, 5.41) is 3.15. The highest BCUT2D eigenvalue weighted by atomic mass is 35.5. The Labute approximate surface area is 119 Å². The van der Waals surface area contributed by atoms with Gasteiger partial charge in [-0.2, -0.15) is 0 Å². The molecule has 0 atom stereocenters. The maximum Gasteiger partial charge on any atom is 0.252 e. The lowest BCUT2D eigenvalue weighted by Gasteiger charge is -2.19. The molecule has 3 N–H and O–H groups in total. The summed E-state index contributed by atoms with van der Waals surface area (Å²) < 4.78 is 0. The summed E-state index contributed by atoms with van der Waals surface area (Å²) in [6.45, 7) is 7.73. The number of pyridine rings is 1. The van der Waals surface area contributed by atoms with Crippen LogP contribution in [0.4, 0.5) is 5.82 Å². The molecule has 0 aliphatic heterocycles. The first-order chi connectivity index (χ1) is 9.08. The normalized spacial score (nSPS) is 10.7. The summed E-state index contributed by atoms with van der Waals surface area (Å²) >= 11 is 5.83. The molecular formula is C13H21ClN4O. The number of hydrogen-bond donors (Lipinski definition) is 2. The van der Waals surface area contributed by atoms with E-state index in [1.807, 2.05) is 0 Å². The van der Waals surface area contributed by atoms with E-state index in [-0.39, 0.29) is 11.7 Å². The van der Waals surface area contributed by atoms with Gasteiger partial charge in [0.15, 0.2) is 0 Å². The van der Waals surface area contributed by atoms with Gasteiger partial charge in [0.2, 0.25) is 0 Å². The number of rotatable bonds is 7. The molecule has 0 fully saturated rings. The van der Waals surface area contributed by atoms with Crippen LogP contribution in [0.3, 0.4) is 0 Å². The molecule has 6 heteroatoms. The summed E-state index contributed by atoms with van der Waals surface area (Å²) in [5.74, 6) is 0.0558. The highest BCUT2D eigenvalue weighted by Gasteiger charge is 2.08. The minimum absolute atomic E-state index is 0.179. The van der Waals surface area contributed by atoms with Gasteiger partial charge in [-0.15, -0.1) is 0 Å². The van der Waals surface area contributed by atoms with E-state index < -0.39 is 0 Å². The zero-order valence-electron chi connectivity index (χ0n) is 11.4. The minimum Gasteiger partial charge on any atom is -0.382 e. The Kier molecular flexibility index (Phi) is 6.59. The minimum atomic E-state index is -0.179. The Balaban J connectivity index is 2.44. The quantitative estimate of drug-likeness (QED) is 0.801. The van der Waals surface area contributed by atoms with E-state index >= 15 is 0 Å². The number of nitrogens with one attached hydrogen (secondary N) is 1. The lowest BCUT2D eigenvalue weighted by Crippen LogP contribution is -2.35. The third-order valence-corrected chi connectivity index (χ3v) is 3.14. The third kappa shape index (κ3) is 5.04. The SMILES string of the molecule is CCCN(CC)CCNC(=O)c1cnc(N)c(Cl)c1. The fourth-order valence-electron chi connectivity index (χ4n) is 1.75. The molecule has 1 heterocycles. The highest BCUT2D eigenvalue weighted by Crippen LogP contribution is 2.16. The van der Waals surface area contributed by atoms with Crippen LogP contribution in [0.5, 0.6) is 0 Å². The average molecular weight is 285 g/mol. The van der Waals surface area contributed by atoms with E-state index in [4.69, 9.17) is 17.3 Å². The van der Waals surface area contributed by atoms with Crippen molar-refractivity contribution < 1.29 is 4.79 Å². The molecule has 0 bridgehead atoms. The molecule has 0 radical (unpaired) electrons. The van der Waals surface area contributed by atoms with Crippen LogP contribution in [0.2, 0.25) is 5.02 Å². The van der Waals surface area contributed by atoms with Gasteiger partial charge < -0.3 is 16.0 Å². The number of halogens is 1. The number of nitrogens with zero attached hydrogens (tertiary/aromatic N) is 2. The second-order valence-electron chi connectivity index (χ2n) is 4.28. The van der Waals surface area contributed by atoms with Crippen LogP contribution in [0.25, 0.3) is 0 Å². The second-order valence-corrected chi connectivity index (χ2v) is 4.69. The summed E-state index contributed by atoms with van der Waals surface area (Å²) in [4.78, 5) is 18.0. The summed E-state index contributed by atoms with van der Waals surface area (Å²) in [5.41, 5.74) is 5.93. The zero-order valence-corrected chi connectivity index (χ0v) is 12.2. The van der Waals surface area contributed by atoms with Gasteiger partial charge >= 0.3 is 0 Å². The van der Waals surface area contributed by atoms with Crippen molar-refractivity contribution in [2.24, 2.45) is 0 Å². The van der Waals surface area contributed by atoms with Crippen LogP contribution in [0.15, 0.2) is 12.3 Å². The molecule has 1 rings (SSSR count). The maximum absolute atomic E-state index is 11.9. The molecule has 0 saturated carbocycles. The van der Waals surface area contributed by atoms with Crippen molar-refractivity contribution in [2.45, 2.75) is 20.3 Å². The molecular weight excluding hydrogens is 264 g/mol. The number of carbonyl (C=O) groups excluding carboxylic acids is 1. The van der Waals surface area contributed by atoms with Gasteiger partial charge in [0.1, 0.15) is 5.82 Å². The standard InChI is InChI=1S/C13H21ClN4O/c1-3-6-18(4-2)7-5-16-13(19)10-8-11(14)12(15)17-9-10/h8-9H,3-7H2,1-2H3,(H2,15,17)(H,16,19). The van der Waals surface area contributed by atoms with Crippen LogP contribution in [-0.4, -0.2) is 42.0 Å². The number of nitrogen functional groups attached to an aromatic ring is 1. The van der Waals surface area contributed by atoms with E-state index in [0.717, 1.165) is 26.1 Å². The van der Waals surface area contributed by atoms with E-state index in [2.05, 4.69) is 29.0 Å². The average Bonchev–Trinajstić information content (AvgIpc) is 2.40. The molecule has 0 aliphatic rings. The number of hydrogen-bond acceptors (Lipinski definition) is 4. The van der Waals surface area contributed by atoms with Gasteiger partial charge in [-0.3, -0.25) is 4.79 Å². The Morgan fingerprint density at radius 3 is 2.79 bits per heavy atom. The van der Waals surface area contributed by atoms with Crippen molar-refractivity contribution in [2.75, 3.05) is 31.9 Å². The van der Waals surface area contributed by atoms with Gasteiger partial charge in [-0.1, -0.05) is 25.4 Å². The van der Waals surface area contributed by atoms with Crippen molar-refractivity contribution in [3.8, 4) is 0 Å². The monoisotopic (exact) mass is 284 g/mol. The molecule has 1 aromatic rings. The molecule has 19 heavy (non-hydrogen) atoms. The molecule has 0 aliphatic carbocycles. The summed E-state index contributed by atoms with van der Waals surface area (Å²) in [6.07, 6.45) is 2.54. The van der Waals surface area contributed by atoms with Gasteiger partial charge in [-0.25, -0.2) is 4.98 Å². The van der Waals surface area contributed by atoms with Gasteiger partial charge in [0.25, 0.3) is 5.91 Å². The van der Waals surface area contributed by atoms with E-state index in [1.165, 1.54) is 12.3 Å². The molecule has 106 valence electrons.